The van der Waals surface area contributed by atoms with E-state index < -0.39 is 16.6 Å². The zero-order valence-corrected chi connectivity index (χ0v) is 24.5. The maximum absolute atomic E-state index is 12.2. The highest BCUT2D eigenvalue weighted by Crippen LogP contribution is 2.21. The van der Waals surface area contributed by atoms with Gasteiger partial charge in [-0.25, -0.2) is 0 Å². The molecule has 0 heterocycles. The molecule has 0 unspecified atom stereocenters. The van der Waals surface area contributed by atoms with Gasteiger partial charge in [0.15, 0.2) is 0 Å². The molecule has 0 radical (unpaired) electrons. The van der Waals surface area contributed by atoms with Crippen molar-refractivity contribution in [3.8, 4) is 11.5 Å². The van der Waals surface area contributed by atoms with Crippen LogP contribution in [0, 0.1) is 0 Å². The van der Waals surface area contributed by atoms with Crippen LogP contribution in [0.4, 0.5) is 0 Å². The fourth-order valence-corrected chi connectivity index (χ4v) is 11.4. The predicted octanol–water partition coefficient (Wildman–Crippen LogP) is 3.40. The standard InChI is InChI=1S/C36H30O3Si2/c37-40(31-13-5-1-6-14-31,32-15-7-2-8-16-32)35-25-21-29(22-26-35)39-30-23-27-36(28-24-30)41(38,33-17-9-3-10-18-33)34-19-11-4-12-20-34/h1-28,37-38H. The molecular formula is C36H30O3Si2. The number of hydrogen-bond acceptors (Lipinski definition) is 3. The van der Waals surface area contributed by atoms with Gasteiger partial charge in [0.1, 0.15) is 11.5 Å². The van der Waals surface area contributed by atoms with Crippen LogP contribution in [0.3, 0.4) is 0 Å². The van der Waals surface area contributed by atoms with E-state index in [2.05, 4.69) is 0 Å². The van der Waals surface area contributed by atoms with E-state index in [0.29, 0.717) is 11.5 Å². The van der Waals surface area contributed by atoms with E-state index >= 15 is 0 Å². The van der Waals surface area contributed by atoms with E-state index in [9.17, 15) is 9.59 Å². The molecule has 2 N–H and O–H groups in total. The van der Waals surface area contributed by atoms with E-state index in [-0.39, 0.29) is 0 Å². The van der Waals surface area contributed by atoms with Crippen LogP contribution < -0.4 is 35.9 Å². The van der Waals surface area contributed by atoms with Gasteiger partial charge in [0.2, 0.25) is 0 Å². The third-order valence-corrected chi connectivity index (χ3v) is 14.6. The maximum Gasteiger partial charge on any atom is 0.285 e. The van der Waals surface area contributed by atoms with Gasteiger partial charge in [-0.05, 0) is 55.4 Å². The van der Waals surface area contributed by atoms with Crippen LogP contribution >= 0.6 is 0 Å². The van der Waals surface area contributed by atoms with Crippen molar-refractivity contribution >= 4 is 47.8 Å². The summed E-state index contributed by atoms with van der Waals surface area (Å²) in [6.07, 6.45) is 0. The fourth-order valence-electron chi connectivity index (χ4n) is 5.38. The first-order valence-corrected chi connectivity index (χ1v) is 17.5. The van der Waals surface area contributed by atoms with Gasteiger partial charge in [-0.3, -0.25) is 0 Å². The van der Waals surface area contributed by atoms with Crippen LogP contribution in [0.1, 0.15) is 0 Å². The summed E-state index contributed by atoms with van der Waals surface area (Å²) in [5.41, 5.74) is 0. The first kappa shape index (κ1) is 26.7. The van der Waals surface area contributed by atoms with Crippen molar-refractivity contribution in [2.45, 2.75) is 0 Å². The van der Waals surface area contributed by atoms with Crippen molar-refractivity contribution in [1.82, 2.24) is 0 Å². The lowest BCUT2D eigenvalue weighted by molar-refractivity contribution is 0.483. The average Bonchev–Trinajstić information content (AvgIpc) is 3.06. The second-order valence-corrected chi connectivity index (χ2v) is 16.3. The van der Waals surface area contributed by atoms with Crippen molar-refractivity contribution in [1.29, 1.82) is 0 Å². The lowest BCUT2D eigenvalue weighted by atomic mass is 10.3. The smallest absolute Gasteiger partial charge is 0.285 e. The molecule has 0 fully saturated rings. The molecule has 0 aliphatic rings. The Morgan fingerprint density at radius 3 is 0.756 bits per heavy atom. The SMILES string of the molecule is O[Si](c1ccccc1)(c1ccccc1)c1ccc(Oc2ccc([Si](O)(c3ccccc3)c3ccccc3)cc2)cc1. The minimum absolute atomic E-state index is 0.678. The van der Waals surface area contributed by atoms with E-state index in [4.69, 9.17) is 4.74 Å². The molecule has 0 bridgehead atoms. The van der Waals surface area contributed by atoms with Crippen LogP contribution in [0.25, 0.3) is 0 Å². The molecule has 0 spiro atoms. The summed E-state index contributed by atoms with van der Waals surface area (Å²) in [5, 5.41) is 5.51. The Hall–Kier alpha value is -4.53. The molecule has 0 aliphatic heterocycles. The Morgan fingerprint density at radius 1 is 0.293 bits per heavy atom. The fraction of sp³-hybridized carbons (Fsp3) is 0. The molecule has 0 amide bonds. The molecule has 0 aromatic heterocycles. The zero-order valence-electron chi connectivity index (χ0n) is 22.5. The summed E-state index contributed by atoms with van der Waals surface area (Å²) in [7, 11) is -6.33. The van der Waals surface area contributed by atoms with E-state index in [1.807, 2.05) is 170 Å². The Kier molecular flexibility index (Phi) is 7.50. The van der Waals surface area contributed by atoms with Crippen LogP contribution in [-0.4, -0.2) is 26.2 Å². The van der Waals surface area contributed by atoms with Gasteiger partial charge in [0, 0.05) is 0 Å². The van der Waals surface area contributed by atoms with Crippen LogP contribution in [-0.2, 0) is 0 Å². The lowest BCUT2D eigenvalue weighted by Gasteiger charge is -2.27. The monoisotopic (exact) mass is 566 g/mol. The lowest BCUT2D eigenvalue weighted by Crippen LogP contribution is -2.67. The highest BCUT2D eigenvalue weighted by Gasteiger charge is 2.39. The minimum atomic E-state index is -3.16. The third kappa shape index (κ3) is 5.19. The normalized spacial score (nSPS) is 11.7. The van der Waals surface area contributed by atoms with Crippen LogP contribution in [0.15, 0.2) is 170 Å². The maximum atomic E-state index is 12.2. The molecule has 0 aliphatic carbocycles. The topological polar surface area (TPSA) is 49.7 Å². The summed E-state index contributed by atoms with van der Waals surface area (Å²) in [5.74, 6) is 1.36. The number of rotatable bonds is 8. The Morgan fingerprint density at radius 2 is 0.512 bits per heavy atom. The Labute approximate surface area is 242 Å². The molecule has 5 heteroatoms. The van der Waals surface area contributed by atoms with Crippen molar-refractivity contribution in [3.05, 3.63) is 170 Å². The Balaban J connectivity index is 1.28. The molecule has 0 saturated carbocycles. The van der Waals surface area contributed by atoms with Gasteiger partial charge in [-0.1, -0.05) is 146 Å². The second-order valence-electron chi connectivity index (χ2n) is 10.0. The van der Waals surface area contributed by atoms with Gasteiger partial charge in [-0.2, -0.15) is 0 Å². The molecule has 6 rings (SSSR count). The summed E-state index contributed by atoms with van der Waals surface area (Å²) >= 11 is 0. The van der Waals surface area contributed by atoms with Gasteiger partial charge in [0.25, 0.3) is 16.6 Å². The molecule has 6 aromatic carbocycles. The van der Waals surface area contributed by atoms with Gasteiger partial charge < -0.3 is 14.3 Å². The average molecular weight is 567 g/mol. The molecule has 200 valence electrons. The summed E-state index contributed by atoms with van der Waals surface area (Å²) in [6, 6.07) is 55.1. The van der Waals surface area contributed by atoms with Gasteiger partial charge in [-0.15, -0.1) is 0 Å². The molecule has 0 atom stereocenters. The van der Waals surface area contributed by atoms with E-state index in [0.717, 1.165) is 31.1 Å². The quantitative estimate of drug-likeness (QED) is 0.219. The zero-order chi connectivity index (χ0) is 28.1. The van der Waals surface area contributed by atoms with Crippen molar-refractivity contribution in [2.24, 2.45) is 0 Å². The predicted molar refractivity (Wildman–Crippen MR) is 172 cm³/mol. The Bertz CT molecular complexity index is 1480. The molecular weight excluding hydrogens is 537 g/mol. The van der Waals surface area contributed by atoms with Crippen molar-refractivity contribution in [3.63, 3.8) is 0 Å². The van der Waals surface area contributed by atoms with E-state index in [1.54, 1.807) is 0 Å². The second kappa shape index (κ2) is 11.5. The van der Waals surface area contributed by atoms with Crippen molar-refractivity contribution < 1.29 is 14.3 Å². The third-order valence-electron chi connectivity index (χ3n) is 7.55. The number of benzene rings is 6. The summed E-state index contributed by atoms with van der Waals surface area (Å²) < 4.78 is 6.20. The molecule has 41 heavy (non-hydrogen) atoms. The first-order chi connectivity index (χ1) is 20.1. The molecule has 6 aromatic rings. The largest absolute Gasteiger partial charge is 0.457 e. The molecule has 0 saturated heterocycles. The molecule has 3 nitrogen and oxygen atoms in total. The van der Waals surface area contributed by atoms with Crippen molar-refractivity contribution in [2.75, 3.05) is 0 Å². The summed E-state index contributed by atoms with van der Waals surface area (Å²) in [4.78, 5) is 24.4. The highest BCUT2D eigenvalue weighted by molar-refractivity contribution is 7.06. The van der Waals surface area contributed by atoms with Crippen LogP contribution in [0.2, 0.25) is 0 Å². The number of ether oxygens (including phenoxy) is 1. The van der Waals surface area contributed by atoms with E-state index in [1.165, 1.54) is 0 Å². The number of hydrogen-bond donors (Lipinski definition) is 2. The minimum Gasteiger partial charge on any atom is -0.457 e. The van der Waals surface area contributed by atoms with Gasteiger partial charge in [0.05, 0.1) is 0 Å². The van der Waals surface area contributed by atoms with Crippen LogP contribution in [0.5, 0.6) is 11.5 Å². The highest BCUT2D eigenvalue weighted by atomic mass is 28.4. The first-order valence-electron chi connectivity index (χ1n) is 13.6. The summed E-state index contributed by atoms with van der Waals surface area (Å²) in [6.45, 7) is 0. The van der Waals surface area contributed by atoms with Gasteiger partial charge >= 0.3 is 0 Å².